The van der Waals surface area contributed by atoms with Crippen molar-refractivity contribution < 1.29 is 14.3 Å². The Kier molecular flexibility index (Phi) is 7.91. The number of hydrogen-bond donors (Lipinski definition) is 4. The maximum Gasteiger partial charge on any atom is 0.251 e. The molecule has 4 rings (SSSR count). The fourth-order valence-corrected chi connectivity index (χ4v) is 4.37. The third kappa shape index (κ3) is 6.78. The van der Waals surface area contributed by atoms with Gasteiger partial charge in [0.1, 0.15) is 12.4 Å². The summed E-state index contributed by atoms with van der Waals surface area (Å²) in [5.41, 5.74) is 15.1. The van der Waals surface area contributed by atoms with Crippen molar-refractivity contribution in [1.82, 2.24) is 20.6 Å². The molecule has 2 heterocycles. The number of aromatic nitrogens is 2. The van der Waals surface area contributed by atoms with Gasteiger partial charge in [0.15, 0.2) is 10.3 Å². The van der Waals surface area contributed by atoms with E-state index in [1.54, 1.807) is 17.5 Å². The predicted molar refractivity (Wildman–Crippen MR) is 138 cm³/mol. The molecule has 35 heavy (non-hydrogen) atoms. The van der Waals surface area contributed by atoms with E-state index in [-0.39, 0.29) is 18.2 Å². The fourth-order valence-electron chi connectivity index (χ4n) is 3.24. The lowest BCUT2D eigenvalue weighted by atomic mass is 10.1. The lowest BCUT2D eigenvalue weighted by molar-refractivity contribution is -0.120. The van der Waals surface area contributed by atoms with Crippen LogP contribution in [0.25, 0.3) is 11.3 Å². The van der Waals surface area contributed by atoms with Gasteiger partial charge >= 0.3 is 0 Å². The third-order valence-corrected chi connectivity index (χ3v) is 6.34. The lowest BCUT2D eigenvalue weighted by Gasteiger charge is -2.11. The van der Waals surface area contributed by atoms with Crippen molar-refractivity contribution >= 4 is 44.8 Å². The highest BCUT2D eigenvalue weighted by Crippen LogP contribution is 2.31. The molecule has 180 valence electrons. The molecule has 0 radical (unpaired) electrons. The highest BCUT2D eigenvalue weighted by atomic mass is 32.1. The van der Waals surface area contributed by atoms with Crippen LogP contribution in [0.2, 0.25) is 0 Å². The van der Waals surface area contributed by atoms with E-state index in [1.807, 2.05) is 41.8 Å². The summed E-state index contributed by atoms with van der Waals surface area (Å²) in [6, 6.07) is 14.8. The smallest absolute Gasteiger partial charge is 0.251 e. The summed E-state index contributed by atoms with van der Waals surface area (Å²) in [4.78, 5) is 32.7. The first-order valence-corrected chi connectivity index (χ1v) is 12.5. The molecular weight excluding hydrogens is 484 g/mol. The molecule has 6 N–H and O–H groups in total. The van der Waals surface area contributed by atoms with Crippen LogP contribution in [0.4, 0.5) is 10.3 Å². The topological polar surface area (TPSA) is 145 Å². The monoisotopic (exact) mass is 508 g/mol. The van der Waals surface area contributed by atoms with Crippen LogP contribution in [0.15, 0.2) is 59.3 Å². The number of rotatable bonds is 10. The van der Waals surface area contributed by atoms with E-state index in [9.17, 15) is 9.59 Å². The molecule has 11 heteroatoms. The van der Waals surface area contributed by atoms with Crippen molar-refractivity contribution in [3.8, 4) is 17.0 Å². The highest BCUT2D eigenvalue weighted by molar-refractivity contribution is 7.14. The van der Waals surface area contributed by atoms with E-state index in [1.165, 1.54) is 22.7 Å². The number of hydrogen-bond acceptors (Lipinski definition) is 9. The lowest BCUT2D eigenvalue weighted by Crippen LogP contribution is -2.35. The van der Waals surface area contributed by atoms with Crippen LogP contribution in [0, 0.1) is 0 Å². The highest BCUT2D eigenvalue weighted by Gasteiger charge is 2.11. The standard InChI is InChI=1S/C24H24N6O3S2/c25-23-29-17(13-34-23)11-21(31)27-9-10-28-22(32)16-7-5-15(6-8-16)12-33-20-4-2-1-3-18(20)19-14-35-24(26)30-19/h1-8,13-14H,9-12H2,(H2,25,29)(H2,26,30)(H,27,31)(H,28,32). The second-order valence-electron chi connectivity index (χ2n) is 7.51. The Balaban J connectivity index is 1.22. The number of ether oxygens (including phenoxy) is 1. The van der Waals surface area contributed by atoms with Gasteiger partial charge in [0.2, 0.25) is 5.91 Å². The number of thiazole rings is 2. The molecule has 0 fully saturated rings. The number of amides is 2. The predicted octanol–water partition coefficient (Wildman–Crippen LogP) is 3.10. The maximum atomic E-state index is 12.4. The Labute approximate surface area is 210 Å². The van der Waals surface area contributed by atoms with Gasteiger partial charge in [-0.15, -0.1) is 22.7 Å². The van der Waals surface area contributed by atoms with E-state index in [4.69, 9.17) is 16.2 Å². The quantitative estimate of drug-likeness (QED) is 0.241. The molecule has 0 saturated heterocycles. The van der Waals surface area contributed by atoms with Crippen LogP contribution in [0.3, 0.4) is 0 Å². The molecule has 0 bridgehead atoms. The fraction of sp³-hybridized carbons (Fsp3) is 0.167. The molecule has 2 aromatic heterocycles. The van der Waals surface area contributed by atoms with Crippen molar-refractivity contribution in [3.05, 3.63) is 76.1 Å². The largest absolute Gasteiger partial charge is 0.488 e. The van der Waals surface area contributed by atoms with Crippen molar-refractivity contribution in [2.24, 2.45) is 0 Å². The van der Waals surface area contributed by atoms with Gasteiger partial charge in [0, 0.05) is 35.0 Å². The average Bonchev–Trinajstić information content (AvgIpc) is 3.48. The van der Waals surface area contributed by atoms with Gasteiger partial charge < -0.3 is 26.8 Å². The second-order valence-corrected chi connectivity index (χ2v) is 9.29. The molecule has 2 amide bonds. The molecular formula is C24H24N6O3S2. The Morgan fingerprint density at radius 2 is 1.60 bits per heavy atom. The Morgan fingerprint density at radius 1 is 0.886 bits per heavy atom. The van der Waals surface area contributed by atoms with Crippen molar-refractivity contribution in [3.63, 3.8) is 0 Å². The molecule has 0 saturated carbocycles. The van der Waals surface area contributed by atoms with Gasteiger partial charge in [-0.2, -0.15) is 0 Å². The number of anilines is 2. The molecule has 0 aliphatic heterocycles. The normalized spacial score (nSPS) is 10.6. The van der Waals surface area contributed by atoms with Crippen LogP contribution >= 0.6 is 22.7 Å². The van der Waals surface area contributed by atoms with Crippen molar-refractivity contribution in [2.45, 2.75) is 13.0 Å². The van der Waals surface area contributed by atoms with Crippen LogP contribution in [-0.4, -0.2) is 34.9 Å². The molecule has 0 unspecified atom stereocenters. The SMILES string of the molecule is Nc1nc(CC(=O)NCCNC(=O)c2ccc(COc3ccccc3-c3csc(N)n3)cc2)cs1. The minimum absolute atomic E-state index is 0.160. The number of carbonyl (C=O) groups excluding carboxylic acids is 2. The molecule has 9 nitrogen and oxygen atoms in total. The van der Waals surface area contributed by atoms with Gasteiger partial charge in [-0.1, -0.05) is 24.3 Å². The first-order chi connectivity index (χ1) is 17.0. The van der Waals surface area contributed by atoms with E-state index >= 15 is 0 Å². The molecule has 2 aromatic carbocycles. The summed E-state index contributed by atoms with van der Waals surface area (Å²) in [6.45, 7) is 0.974. The first kappa shape index (κ1) is 24.2. The zero-order chi connectivity index (χ0) is 24.6. The second kappa shape index (κ2) is 11.4. The molecule has 0 aliphatic rings. The van der Waals surface area contributed by atoms with Crippen LogP contribution < -0.4 is 26.8 Å². The van der Waals surface area contributed by atoms with E-state index in [2.05, 4.69) is 20.6 Å². The summed E-state index contributed by atoms with van der Waals surface area (Å²) in [5.74, 6) is 0.319. The average molecular weight is 509 g/mol. The van der Waals surface area contributed by atoms with E-state index in [0.717, 1.165) is 16.8 Å². The summed E-state index contributed by atoms with van der Waals surface area (Å²) in [5, 5.41) is 10.1. The summed E-state index contributed by atoms with van der Waals surface area (Å²) in [6.07, 6.45) is 0.160. The summed E-state index contributed by atoms with van der Waals surface area (Å²) in [7, 11) is 0. The molecule has 4 aromatic rings. The summed E-state index contributed by atoms with van der Waals surface area (Å²) < 4.78 is 6.01. The van der Waals surface area contributed by atoms with Crippen LogP contribution in [0.5, 0.6) is 5.75 Å². The third-order valence-electron chi connectivity index (χ3n) is 4.94. The first-order valence-electron chi connectivity index (χ1n) is 10.7. The Hall–Kier alpha value is -3.96. The minimum Gasteiger partial charge on any atom is -0.488 e. The molecule has 0 aliphatic carbocycles. The number of nitrogens with one attached hydrogen (secondary N) is 2. The zero-order valence-electron chi connectivity index (χ0n) is 18.7. The van der Waals surface area contributed by atoms with Crippen LogP contribution in [-0.2, 0) is 17.8 Å². The maximum absolute atomic E-state index is 12.4. The minimum atomic E-state index is -0.217. The van der Waals surface area contributed by atoms with Crippen molar-refractivity contribution in [1.29, 1.82) is 0 Å². The number of nitrogens with two attached hydrogens (primary N) is 2. The van der Waals surface area contributed by atoms with Gasteiger partial charge in [-0.25, -0.2) is 9.97 Å². The molecule has 0 spiro atoms. The number of benzene rings is 2. The number of nitrogen functional groups attached to an aromatic ring is 2. The van der Waals surface area contributed by atoms with Crippen molar-refractivity contribution in [2.75, 3.05) is 24.6 Å². The van der Waals surface area contributed by atoms with Crippen LogP contribution in [0.1, 0.15) is 21.6 Å². The van der Waals surface area contributed by atoms with E-state index in [0.29, 0.717) is 47.0 Å². The zero-order valence-corrected chi connectivity index (χ0v) is 20.3. The molecule has 0 atom stereocenters. The van der Waals surface area contributed by atoms with E-state index < -0.39 is 0 Å². The number of nitrogens with zero attached hydrogens (tertiary/aromatic N) is 2. The number of carbonyl (C=O) groups is 2. The van der Waals surface area contributed by atoms with Gasteiger partial charge in [-0.3, -0.25) is 9.59 Å². The Morgan fingerprint density at radius 3 is 2.31 bits per heavy atom. The summed E-state index contributed by atoms with van der Waals surface area (Å²) >= 11 is 2.68. The van der Waals surface area contributed by atoms with Gasteiger partial charge in [0.25, 0.3) is 5.91 Å². The van der Waals surface area contributed by atoms with Gasteiger partial charge in [-0.05, 0) is 29.8 Å². The number of para-hydroxylation sites is 1. The Bertz CT molecular complexity index is 1300. The van der Waals surface area contributed by atoms with Gasteiger partial charge in [0.05, 0.1) is 17.8 Å².